The van der Waals surface area contributed by atoms with Gasteiger partial charge in [-0.15, -0.1) is 0 Å². The van der Waals surface area contributed by atoms with Gasteiger partial charge in [0.15, 0.2) is 0 Å². The van der Waals surface area contributed by atoms with Crippen LogP contribution in [0.4, 0.5) is 11.4 Å². The summed E-state index contributed by atoms with van der Waals surface area (Å²) in [5.41, 5.74) is 1.77. The van der Waals surface area contributed by atoms with Crippen molar-refractivity contribution in [3.8, 4) is 6.07 Å². The lowest BCUT2D eigenvalue weighted by Gasteiger charge is -2.36. The van der Waals surface area contributed by atoms with Crippen LogP contribution in [0.1, 0.15) is 12.5 Å². The van der Waals surface area contributed by atoms with Gasteiger partial charge < -0.3 is 15.1 Å². The summed E-state index contributed by atoms with van der Waals surface area (Å²) in [6.45, 7) is 6.27. The van der Waals surface area contributed by atoms with Crippen molar-refractivity contribution in [2.45, 2.75) is 11.8 Å². The quantitative estimate of drug-likeness (QED) is 0.661. The van der Waals surface area contributed by atoms with E-state index in [0.717, 1.165) is 42.7 Å². The molecule has 8 nitrogen and oxygen atoms in total. The van der Waals surface area contributed by atoms with Crippen molar-refractivity contribution in [1.29, 1.82) is 5.26 Å². The second-order valence-corrected chi connectivity index (χ2v) is 10.0. The van der Waals surface area contributed by atoms with E-state index in [4.69, 9.17) is 16.9 Å². The van der Waals surface area contributed by atoms with Gasteiger partial charge in [-0.1, -0.05) is 18.5 Å². The fraction of sp³-hybridized carbons (Fsp3) is 0.364. The predicted octanol–water partition coefficient (Wildman–Crippen LogP) is 2.61. The standard InChI is InChI=1S/C22H26ClN5O3S/c1-3-27-10-12-28(13-11-27)21-9-6-18(23)14-20(21)25-22(29)16-26(2)32(30,31)19-7-4-17(15-24)5-8-19/h4-9,14H,3,10-13,16H2,1-2H3,(H,25,29). The molecule has 0 spiro atoms. The van der Waals surface area contributed by atoms with E-state index in [9.17, 15) is 13.2 Å². The molecule has 0 aromatic heterocycles. The van der Waals surface area contributed by atoms with Crippen LogP contribution in [0.3, 0.4) is 0 Å². The first-order valence-corrected chi connectivity index (χ1v) is 12.1. The minimum absolute atomic E-state index is 0.0176. The van der Waals surface area contributed by atoms with Crippen molar-refractivity contribution >= 4 is 38.9 Å². The van der Waals surface area contributed by atoms with Gasteiger partial charge in [-0.3, -0.25) is 4.79 Å². The first-order chi connectivity index (χ1) is 15.2. The zero-order chi connectivity index (χ0) is 23.3. The molecule has 0 saturated carbocycles. The highest BCUT2D eigenvalue weighted by Crippen LogP contribution is 2.30. The normalized spacial score (nSPS) is 14.9. The molecule has 0 unspecified atom stereocenters. The lowest BCUT2D eigenvalue weighted by Crippen LogP contribution is -2.46. The van der Waals surface area contributed by atoms with E-state index < -0.39 is 15.9 Å². The average Bonchev–Trinajstić information content (AvgIpc) is 2.79. The molecule has 0 bridgehead atoms. The molecule has 1 heterocycles. The zero-order valence-electron chi connectivity index (χ0n) is 18.1. The molecule has 2 aromatic rings. The lowest BCUT2D eigenvalue weighted by molar-refractivity contribution is -0.116. The number of amides is 1. The maximum Gasteiger partial charge on any atom is 0.243 e. The highest BCUT2D eigenvalue weighted by molar-refractivity contribution is 7.89. The second kappa shape index (κ2) is 10.3. The summed E-state index contributed by atoms with van der Waals surface area (Å²) in [5.74, 6) is -0.472. The fourth-order valence-electron chi connectivity index (χ4n) is 3.55. The first kappa shape index (κ1) is 24.0. The van der Waals surface area contributed by atoms with E-state index in [1.165, 1.54) is 31.3 Å². The Hall–Kier alpha value is -2.64. The molecule has 1 saturated heterocycles. The molecule has 170 valence electrons. The fourth-order valence-corrected chi connectivity index (χ4v) is 4.85. The number of hydrogen-bond donors (Lipinski definition) is 1. The van der Waals surface area contributed by atoms with Gasteiger partial charge in [0, 0.05) is 38.2 Å². The van der Waals surface area contributed by atoms with E-state index >= 15 is 0 Å². The molecule has 1 N–H and O–H groups in total. The highest BCUT2D eigenvalue weighted by atomic mass is 35.5. The minimum atomic E-state index is -3.88. The average molecular weight is 476 g/mol. The van der Waals surface area contributed by atoms with Crippen LogP contribution in [0, 0.1) is 11.3 Å². The van der Waals surface area contributed by atoms with Crippen molar-refractivity contribution in [2.75, 3.05) is 56.5 Å². The summed E-state index contributed by atoms with van der Waals surface area (Å²) in [7, 11) is -2.53. The number of piperazine rings is 1. The molecular formula is C22H26ClN5O3S. The first-order valence-electron chi connectivity index (χ1n) is 10.3. The smallest absolute Gasteiger partial charge is 0.243 e. The Morgan fingerprint density at radius 2 is 1.81 bits per heavy atom. The summed E-state index contributed by atoms with van der Waals surface area (Å²) >= 11 is 6.16. The Morgan fingerprint density at radius 1 is 1.16 bits per heavy atom. The van der Waals surface area contributed by atoms with Crippen LogP contribution >= 0.6 is 11.6 Å². The second-order valence-electron chi connectivity index (χ2n) is 7.53. The molecule has 2 aromatic carbocycles. The van der Waals surface area contributed by atoms with Gasteiger partial charge in [-0.05, 0) is 49.0 Å². The number of carbonyl (C=O) groups excluding carboxylic acids is 1. The molecule has 3 rings (SSSR count). The third-order valence-corrected chi connectivity index (χ3v) is 7.50. The van der Waals surface area contributed by atoms with E-state index in [1.807, 2.05) is 12.1 Å². The number of hydrogen-bond acceptors (Lipinski definition) is 6. The van der Waals surface area contributed by atoms with Gasteiger partial charge in [0.1, 0.15) is 0 Å². The van der Waals surface area contributed by atoms with Gasteiger partial charge in [0.25, 0.3) is 0 Å². The molecule has 0 aliphatic carbocycles. The number of rotatable bonds is 7. The molecule has 1 amide bonds. The lowest BCUT2D eigenvalue weighted by atomic mass is 10.2. The Morgan fingerprint density at radius 3 is 2.41 bits per heavy atom. The molecule has 1 fully saturated rings. The van der Waals surface area contributed by atoms with Crippen LogP contribution in [-0.2, 0) is 14.8 Å². The van der Waals surface area contributed by atoms with Gasteiger partial charge in [-0.2, -0.15) is 9.57 Å². The van der Waals surface area contributed by atoms with Gasteiger partial charge in [0.05, 0.1) is 34.4 Å². The van der Waals surface area contributed by atoms with Gasteiger partial charge >= 0.3 is 0 Å². The van der Waals surface area contributed by atoms with Gasteiger partial charge in [-0.25, -0.2) is 8.42 Å². The predicted molar refractivity (Wildman–Crippen MR) is 125 cm³/mol. The van der Waals surface area contributed by atoms with E-state index in [2.05, 4.69) is 22.0 Å². The number of sulfonamides is 1. The van der Waals surface area contributed by atoms with Crippen molar-refractivity contribution in [3.05, 3.63) is 53.1 Å². The number of nitriles is 1. The number of carbonyl (C=O) groups is 1. The Balaban J connectivity index is 1.71. The summed E-state index contributed by atoms with van der Waals surface area (Å²) in [4.78, 5) is 17.3. The topological polar surface area (TPSA) is 96.8 Å². The molecule has 1 aliphatic rings. The van der Waals surface area contributed by atoms with Crippen LogP contribution < -0.4 is 10.2 Å². The summed E-state index contributed by atoms with van der Waals surface area (Å²) < 4.78 is 26.5. The highest BCUT2D eigenvalue weighted by Gasteiger charge is 2.24. The maximum atomic E-state index is 12.8. The third-order valence-electron chi connectivity index (χ3n) is 5.45. The SMILES string of the molecule is CCN1CCN(c2ccc(Cl)cc2NC(=O)CN(C)S(=O)(=O)c2ccc(C#N)cc2)CC1. The Kier molecular flexibility index (Phi) is 7.74. The van der Waals surface area contributed by atoms with Crippen LogP contribution in [0.2, 0.25) is 5.02 Å². The zero-order valence-corrected chi connectivity index (χ0v) is 19.7. The summed E-state index contributed by atoms with van der Waals surface area (Å²) in [5, 5.41) is 12.2. The number of anilines is 2. The Bertz CT molecular complexity index is 1110. The molecule has 0 atom stereocenters. The number of nitrogens with zero attached hydrogens (tertiary/aromatic N) is 4. The molecule has 32 heavy (non-hydrogen) atoms. The summed E-state index contributed by atoms with van der Waals surface area (Å²) in [6, 6.07) is 12.8. The summed E-state index contributed by atoms with van der Waals surface area (Å²) in [6.07, 6.45) is 0. The molecule has 10 heteroatoms. The van der Waals surface area contributed by atoms with Crippen molar-refractivity contribution in [2.24, 2.45) is 0 Å². The number of nitrogens with one attached hydrogen (secondary N) is 1. The number of halogens is 1. The largest absolute Gasteiger partial charge is 0.367 e. The maximum absolute atomic E-state index is 12.8. The van der Waals surface area contributed by atoms with Gasteiger partial charge in [0.2, 0.25) is 15.9 Å². The van der Waals surface area contributed by atoms with E-state index in [-0.39, 0.29) is 11.4 Å². The van der Waals surface area contributed by atoms with Crippen molar-refractivity contribution < 1.29 is 13.2 Å². The van der Waals surface area contributed by atoms with Crippen molar-refractivity contribution in [1.82, 2.24) is 9.21 Å². The van der Waals surface area contributed by atoms with Crippen LogP contribution in [0.15, 0.2) is 47.4 Å². The van der Waals surface area contributed by atoms with E-state index in [1.54, 1.807) is 12.1 Å². The molecule has 0 radical (unpaired) electrons. The van der Waals surface area contributed by atoms with Crippen molar-refractivity contribution in [3.63, 3.8) is 0 Å². The molecule has 1 aliphatic heterocycles. The van der Waals surface area contributed by atoms with Crippen LogP contribution in [0.5, 0.6) is 0 Å². The number of benzene rings is 2. The third kappa shape index (κ3) is 5.58. The monoisotopic (exact) mass is 475 g/mol. The van der Waals surface area contributed by atoms with E-state index in [0.29, 0.717) is 16.3 Å². The van der Waals surface area contributed by atoms with Crippen LogP contribution in [-0.4, -0.2) is 69.8 Å². The van der Waals surface area contributed by atoms with Crippen LogP contribution in [0.25, 0.3) is 0 Å². The minimum Gasteiger partial charge on any atom is -0.367 e. The Labute approximate surface area is 194 Å². The molecular weight excluding hydrogens is 450 g/mol. The number of likely N-dealkylation sites (N-methyl/N-ethyl adjacent to an activating group) is 2.